The third-order valence-electron chi connectivity index (χ3n) is 5.15. The molecule has 0 saturated heterocycles. The second-order valence-corrected chi connectivity index (χ2v) is 6.47. The summed E-state index contributed by atoms with van der Waals surface area (Å²) in [6, 6.07) is 5.10. The van der Waals surface area contributed by atoms with Gasteiger partial charge in [0.15, 0.2) is 0 Å². The average molecular weight is 228 g/mol. The van der Waals surface area contributed by atoms with E-state index >= 15 is 0 Å². The van der Waals surface area contributed by atoms with Crippen molar-refractivity contribution in [3.8, 4) is 0 Å². The van der Waals surface area contributed by atoms with Gasteiger partial charge in [0.05, 0.1) is 0 Å². The van der Waals surface area contributed by atoms with Crippen molar-refractivity contribution in [2.24, 2.45) is 11.8 Å². The van der Waals surface area contributed by atoms with E-state index < -0.39 is 0 Å². The Morgan fingerprint density at radius 2 is 1.65 bits per heavy atom. The molecule has 0 N–H and O–H groups in total. The highest BCUT2D eigenvalue weighted by Gasteiger charge is 2.25. The minimum absolute atomic E-state index is 0.767. The lowest BCUT2D eigenvalue weighted by atomic mass is 9.73. The number of rotatable bonds is 0. The van der Waals surface area contributed by atoms with E-state index in [4.69, 9.17) is 0 Å². The van der Waals surface area contributed by atoms with E-state index in [0.717, 1.165) is 17.8 Å². The molecule has 0 heteroatoms. The number of aryl methyl sites for hydroxylation is 2. The Morgan fingerprint density at radius 1 is 0.882 bits per heavy atom. The van der Waals surface area contributed by atoms with Crippen molar-refractivity contribution in [2.45, 2.75) is 58.8 Å². The largest absolute Gasteiger partial charge is 0.0622 e. The second-order valence-electron chi connectivity index (χ2n) is 6.47. The minimum Gasteiger partial charge on any atom is -0.0622 e. The van der Waals surface area contributed by atoms with Gasteiger partial charge in [-0.1, -0.05) is 32.9 Å². The predicted molar refractivity (Wildman–Crippen MR) is 73.5 cm³/mol. The third-order valence-corrected chi connectivity index (χ3v) is 5.15. The SMILES string of the molecule is CC1CCc2cc3c(cc2C1)CCC(C)C3C. The fourth-order valence-corrected chi connectivity index (χ4v) is 3.64. The highest BCUT2D eigenvalue weighted by molar-refractivity contribution is 5.43. The monoisotopic (exact) mass is 228 g/mol. The molecule has 0 nitrogen and oxygen atoms in total. The summed E-state index contributed by atoms with van der Waals surface area (Å²) in [7, 11) is 0. The highest BCUT2D eigenvalue weighted by atomic mass is 14.3. The lowest BCUT2D eigenvalue weighted by Crippen LogP contribution is -2.19. The van der Waals surface area contributed by atoms with Crippen molar-refractivity contribution >= 4 is 0 Å². The molecule has 3 rings (SSSR count). The molecular weight excluding hydrogens is 204 g/mol. The summed E-state index contributed by atoms with van der Waals surface area (Å²) < 4.78 is 0. The number of hydrogen-bond donors (Lipinski definition) is 0. The summed E-state index contributed by atoms with van der Waals surface area (Å²) in [5, 5.41) is 0. The van der Waals surface area contributed by atoms with Crippen LogP contribution in [0.3, 0.4) is 0 Å². The Morgan fingerprint density at radius 3 is 2.47 bits per heavy atom. The zero-order valence-corrected chi connectivity index (χ0v) is 11.4. The Bertz CT molecular complexity index is 430. The quantitative estimate of drug-likeness (QED) is 0.613. The molecule has 0 fully saturated rings. The molecule has 1 aromatic rings. The Kier molecular flexibility index (Phi) is 2.77. The van der Waals surface area contributed by atoms with Crippen LogP contribution in [0.25, 0.3) is 0 Å². The van der Waals surface area contributed by atoms with Crippen LogP contribution in [0.5, 0.6) is 0 Å². The maximum Gasteiger partial charge on any atom is -0.0162 e. The van der Waals surface area contributed by atoms with Gasteiger partial charge < -0.3 is 0 Å². The van der Waals surface area contributed by atoms with Gasteiger partial charge in [-0.15, -0.1) is 0 Å². The first-order valence-corrected chi connectivity index (χ1v) is 7.29. The molecule has 0 heterocycles. The van der Waals surface area contributed by atoms with E-state index in [1.54, 1.807) is 22.3 Å². The molecule has 0 bridgehead atoms. The third kappa shape index (κ3) is 1.92. The van der Waals surface area contributed by atoms with Crippen LogP contribution < -0.4 is 0 Å². The average Bonchev–Trinajstić information content (AvgIpc) is 2.32. The molecule has 0 saturated carbocycles. The van der Waals surface area contributed by atoms with Gasteiger partial charge in [-0.25, -0.2) is 0 Å². The van der Waals surface area contributed by atoms with Gasteiger partial charge in [-0.05, 0) is 72.1 Å². The summed E-state index contributed by atoms with van der Waals surface area (Å²) >= 11 is 0. The Labute approximate surface area is 105 Å². The van der Waals surface area contributed by atoms with Crippen molar-refractivity contribution in [3.63, 3.8) is 0 Å². The fraction of sp³-hybridized carbons (Fsp3) is 0.647. The maximum atomic E-state index is 2.55. The molecule has 0 amide bonds. The Hall–Kier alpha value is -0.780. The molecule has 0 radical (unpaired) electrons. The van der Waals surface area contributed by atoms with E-state index in [1.165, 1.54) is 32.1 Å². The molecule has 17 heavy (non-hydrogen) atoms. The van der Waals surface area contributed by atoms with E-state index in [0.29, 0.717) is 0 Å². The molecule has 1 aromatic carbocycles. The van der Waals surface area contributed by atoms with Crippen LogP contribution in [-0.2, 0) is 19.3 Å². The van der Waals surface area contributed by atoms with Crippen LogP contribution in [0.2, 0.25) is 0 Å². The maximum absolute atomic E-state index is 2.55. The number of fused-ring (bicyclic) bond motifs is 2. The predicted octanol–water partition coefficient (Wildman–Crippen LogP) is 4.50. The first-order chi connectivity index (χ1) is 8.15. The van der Waals surface area contributed by atoms with Crippen molar-refractivity contribution in [3.05, 3.63) is 34.4 Å². The van der Waals surface area contributed by atoms with Crippen LogP contribution in [0, 0.1) is 11.8 Å². The Balaban J connectivity index is 2.03. The summed E-state index contributed by atoms with van der Waals surface area (Å²) in [5.41, 5.74) is 6.63. The van der Waals surface area contributed by atoms with Crippen LogP contribution in [0.4, 0.5) is 0 Å². The van der Waals surface area contributed by atoms with Crippen molar-refractivity contribution in [1.82, 2.24) is 0 Å². The lowest BCUT2D eigenvalue weighted by Gasteiger charge is -2.32. The van der Waals surface area contributed by atoms with Gasteiger partial charge in [0.25, 0.3) is 0 Å². The molecule has 2 aliphatic rings. The van der Waals surface area contributed by atoms with E-state index in [9.17, 15) is 0 Å². The number of hydrogen-bond acceptors (Lipinski definition) is 0. The minimum atomic E-state index is 0.767. The summed E-state index contributed by atoms with van der Waals surface area (Å²) in [5.74, 6) is 2.52. The zero-order chi connectivity index (χ0) is 12.0. The normalized spacial score (nSPS) is 31.8. The molecular formula is C17H24. The van der Waals surface area contributed by atoms with Gasteiger partial charge in [0, 0.05) is 0 Å². The smallest absolute Gasteiger partial charge is 0.0162 e. The van der Waals surface area contributed by atoms with Gasteiger partial charge in [0.1, 0.15) is 0 Å². The van der Waals surface area contributed by atoms with Crippen molar-refractivity contribution < 1.29 is 0 Å². The van der Waals surface area contributed by atoms with Crippen LogP contribution in [0.15, 0.2) is 12.1 Å². The molecule has 92 valence electrons. The zero-order valence-electron chi connectivity index (χ0n) is 11.4. The van der Waals surface area contributed by atoms with Gasteiger partial charge in [-0.2, -0.15) is 0 Å². The first-order valence-electron chi connectivity index (χ1n) is 7.29. The van der Waals surface area contributed by atoms with Crippen molar-refractivity contribution in [1.29, 1.82) is 0 Å². The summed E-state index contributed by atoms with van der Waals surface area (Å²) in [6.07, 6.45) is 6.69. The second kappa shape index (κ2) is 4.15. The standard InChI is InChI=1S/C17H24/c1-11-4-6-14-10-17-13(3)12(2)5-7-15(17)9-16(14)8-11/h9-13H,4-8H2,1-3H3. The van der Waals surface area contributed by atoms with Crippen LogP contribution >= 0.6 is 0 Å². The molecule has 3 atom stereocenters. The van der Waals surface area contributed by atoms with Crippen molar-refractivity contribution in [2.75, 3.05) is 0 Å². The van der Waals surface area contributed by atoms with E-state index in [2.05, 4.69) is 32.9 Å². The van der Waals surface area contributed by atoms with E-state index in [-0.39, 0.29) is 0 Å². The topological polar surface area (TPSA) is 0 Å². The van der Waals surface area contributed by atoms with Crippen LogP contribution in [0.1, 0.15) is 61.8 Å². The fourth-order valence-electron chi connectivity index (χ4n) is 3.64. The number of benzene rings is 1. The van der Waals surface area contributed by atoms with Crippen LogP contribution in [-0.4, -0.2) is 0 Å². The molecule has 0 aromatic heterocycles. The molecule has 2 aliphatic carbocycles. The van der Waals surface area contributed by atoms with Gasteiger partial charge in [-0.3, -0.25) is 0 Å². The molecule has 0 spiro atoms. The first kappa shape index (κ1) is 11.3. The van der Waals surface area contributed by atoms with Gasteiger partial charge >= 0.3 is 0 Å². The lowest BCUT2D eigenvalue weighted by molar-refractivity contribution is 0.423. The molecule has 3 unspecified atom stereocenters. The van der Waals surface area contributed by atoms with Gasteiger partial charge in [0.2, 0.25) is 0 Å². The summed E-state index contributed by atoms with van der Waals surface area (Å²) in [6.45, 7) is 7.22. The van der Waals surface area contributed by atoms with E-state index in [1.807, 2.05) is 0 Å². The summed E-state index contributed by atoms with van der Waals surface area (Å²) in [4.78, 5) is 0. The highest BCUT2D eigenvalue weighted by Crippen LogP contribution is 2.38. The molecule has 0 aliphatic heterocycles.